The average Bonchev–Trinajstić information content (AvgIpc) is 3.16. The van der Waals surface area contributed by atoms with Gasteiger partial charge in [-0.2, -0.15) is 0 Å². The molecule has 11 nitrogen and oxygen atoms in total. The zero-order valence-electron chi connectivity index (χ0n) is 13.4. The Hall–Kier alpha value is -1.89. The van der Waals surface area contributed by atoms with Crippen molar-refractivity contribution in [3.63, 3.8) is 0 Å². The third-order valence-corrected chi connectivity index (χ3v) is 4.17. The van der Waals surface area contributed by atoms with Gasteiger partial charge in [0.25, 0.3) is 0 Å². The summed E-state index contributed by atoms with van der Waals surface area (Å²) in [6.45, 7) is -0.162. The normalized spacial score (nSPS) is 26.4. The van der Waals surface area contributed by atoms with Crippen LogP contribution in [0.15, 0.2) is 12.7 Å². The quantitative estimate of drug-likeness (QED) is 0.352. The van der Waals surface area contributed by atoms with Crippen LogP contribution >= 0.6 is 0 Å². The molecule has 0 unspecified atom stereocenters. The van der Waals surface area contributed by atoms with Gasteiger partial charge < -0.3 is 35.2 Å². The molecule has 0 saturated carbocycles. The Balaban J connectivity index is 1.99. The van der Waals surface area contributed by atoms with Gasteiger partial charge in [-0.1, -0.05) is 0 Å². The van der Waals surface area contributed by atoms with E-state index in [0.717, 1.165) is 0 Å². The minimum absolute atomic E-state index is 0.124. The molecule has 1 aliphatic heterocycles. The Labute approximate surface area is 142 Å². The smallest absolute Gasteiger partial charge is 0.167 e. The molecule has 0 amide bonds. The molecule has 3 rings (SSSR count). The third kappa shape index (κ3) is 3.17. The number of imidazole rings is 1. The van der Waals surface area contributed by atoms with Crippen LogP contribution < -0.4 is 4.90 Å². The lowest BCUT2D eigenvalue weighted by Crippen LogP contribution is -2.33. The summed E-state index contributed by atoms with van der Waals surface area (Å²) >= 11 is 0. The lowest BCUT2D eigenvalue weighted by molar-refractivity contribution is -0.0511. The zero-order valence-corrected chi connectivity index (χ0v) is 13.4. The van der Waals surface area contributed by atoms with Gasteiger partial charge in [0, 0.05) is 13.1 Å². The minimum Gasteiger partial charge on any atom is -0.395 e. The van der Waals surface area contributed by atoms with Gasteiger partial charge in [0.2, 0.25) is 0 Å². The number of hydrogen-bond acceptors (Lipinski definition) is 10. The fourth-order valence-electron chi connectivity index (χ4n) is 2.93. The van der Waals surface area contributed by atoms with Crippen molar-refractivity contribution < 1.29 is 30.3 Å². The molecule has 25 heavy (non-hydrogen) atoms. The maximum atomic E-state index is 10.2. The highest BCUT2D eigenvalue weighted by molar-refractivity contribution is 5.83. The average molecular weight is 355 g/mol. The van der Waals surface area contributed by atoms with E-state index in [0.29, 0.717) is 17.0 Å². The summed E-state index contributed by atoms with van der Waals surface area (Å²) in [5.74, 6) is 0.429. The van der Waals surface area contributed by atoms with Crippen molar-refractivity contribution in [2.45, 2.75) is 24.5 Å². The molecule has 2 aromatic heterocycles. The molecule has 0 aliphatic carbocycles. The predicted octanol–water partition coefficient (Wildman–Crippen LogP) is -2.77. The molecule has 4 atom stereocenters. The summed E-state index contributed by atoms with van der Waals surface area (Å²) in [5, 5.41) is 47.7. The van der Waals surface area contributed by atoms with Crippen LogP contribution in [-0.4, -0.2) is 96.3 Å². The van der Waals surface area contributed by atoms with Crippen LogP contribution in [0.2, 0.25) is 0 Å². The van der Waals surface area contributed by atoms with E-state index < -0.39 is 31.1 Å². The second kappa shape index (κ2) is 7.56. The van der Waals surface area contributed by atoms with Gasteiger partial charge in [-0.25, -0.2) is 15.0 Å². The molecule has 1 aliphatic rings. The maximum absolute atomic E-state index is 10.2. The van der Waals surface area contributed by atoms with E-state index in [1.807, 2.05) is 0 Å². The van der Waals surface area contributed by atoms with Crippen molar-refractivity contribution in [2.24, 2.45) is 0 Å². The summed E-state index contributed by atoms with van der Waals surface area (Å²) < 4.78 is 6.96. The lowest BCUT2D eigenvalue weighted by atomic mass is 10.1. The highest BCUT2D eigenvalue weighted by Gasteiger charge is 2.44. The van der Waals surface area contributed by atoms with Crippen LogP contribution in [0.25, 0.3) is 11.2 Å². The largest absolute Gasteiger partial charge is 0.395 e. The minimum atomic E-state index is -1.25. The first-order chi connectivity index (χ1) is 12.1. The standard InChI is InChI=1S/C14H21N5O6/c20-3-1-18(2-4-21)12-9-13(16-6-15-12)19(7-17-9)14-11(24)10(23)8(5-22)25-14/h6-8,10-11,14,20-24H,1-5H2/t8-,10-,11-,14-/m1/s1. The number of nitrogens with zero attached hydrogens (tertiary/aromatic N) is 5. The Bertz CT molecular complexity index is 706. The molecule has 5 N–H and O–H groups in total. The van der Waals surface area contributed by atoms with Crippen molar-refractivity contribution >= 4 is 17.0 Å². The Morgan fingerprint density at radius 1 is 1.04 bits per heavy atom. The molecule has 3 heterocycles. The predicted molar refractivity (Wildman–Crippen MR) is 84.7 cm³/mol. The van der Waals surface area contributed by atoms with E-state index in [1.54, 1.807) is 4.90 Å². The topological polar surface area (TPSA) is 157 Å². The number of aromatic nitrogens is 4. The van der Waals surface area contributed by atoms with Gasteiger partial charge in [-0.15, -0.1) is 0 Å². The number of aliphatic hydroxyl groups excluding tert-OH is 5. The SMILES string of the molecule is OCCN(CCO)c1ncnc2c1ncn2[C@@H]1O[C@H](CO)[C@@H](O)[C@H]1O. The van der Waals surface area contributed by atoms with Crippen molar-refractivity contribution in [1.82, 2.24) is 19.5 Å². The molecule has 0 bridgehead atoms. The first-order valence-corrected chi connectivity index (χ1v) is 7.89. The van der Waals surface area contributed by atoms with Gasteiger partial charge in [0.15, 0.2) is 23.2 Å². The van der Waals surface area contributed by atoms with Gasteiger partial charge in [0.1, 0.15) is 24.6 Å². The fourth-order valence-corrected chi connectivity index (χ4v) is 2.93. The van der Waals surface area contributed by atoms with E-state index in [1.165, 1.54) is 17.2 Å². The number of hydrogen-bond donors (Lipinski definition) is 5. The molecule has 11 heteroatoms. The second-order valence-corrected chi connectivity index (χ2v) is 5.68. The molecule has 0 spiro atoms. The van der Waals surface area contributed by atoms with Crippen molar-refractivity contribution in [1.29, 1.82) is 0 Å². The monoisotopic (exact) mass is 355 g/mol. The van der Waals surface area contributed by atoms with Crippen molar-refractivity contribution in [3.8, 4) is 0 Å². The van der Waals surface area contributed by atoms with Crippen LogP contribution in [0, 0.1) is 0 Å². The van der Waals surface area contributed by atoms with Gasteiger partial charge in [-0.05, 0) is 0 Å². The van der Waals surface area contributed by atoms with E-state index >= 15 is 0 Å². The number of anilines is 1. The third-order valence-electron chi connectivity index (χ3n) is 4.17. The Kier molecular flexibility index (Phi) is 5.42. The van der Waals surface area contributed by atoms with Gasteiger partial charge >= 0.3 is 0 Å². The molecular formula is C14H21N5O6. The Morgan fingerprint density at radius 2 is 1.76 bits per heavy atom. The first kappa shape index (κ1) is 17.9. The van der Waals surface area contributed by atoms with Crippen LogP contribution in [0.3, 0.4) is 0 Å². The summed E-state index contributed by atoms with van der Waals surface area (Å²) in [6, 6.07) is 0. The molecule has 138 valence electrons. The number of fused-ring (bicyclic) bond motifs is 1. The first-order valence-electron chi connectivity index (χ1n) is 7.89. The summed E-state index contributed by atoms with van der Waals surface area (Å²) in [7, 11) is 0. The van der Waals surface area contributed by atoms with E-state index in [4.69, 9.17) is 4.74 Å². The summed E-state index contributed by atoms with van der Waals surface area (Å²) in [5.41, 5.74) is 0.767. The zero-order chi connectivity index (χ0) is 18.0. The molecule has 0 aromatic carbocycles. The van der Waals surface area contributed by atoms with Crippen LogP contribution in [0.4, 0.5) is 5.82 Å². The molecular weight excluding hydrogens is 334 g/mol. The summed E-state index contributed by atoms with van der Waals surface area (Å²) in [6.07, 6.45) is -1.63. The highest BCUT2D eigenvalue weighted by Crippen LogP contribution is 2.32. The van der Waals surface area contributed by atoms with Crippen LogP contribution in [0.5, 0.6) is 0 Å². The number of aliphatic hydroxyl groups is 5. The van der Waals surface area contributed by atoms with Gasteiger partial charge in [0.05, 0.1) is 26.1 Å². The number of ether oxygens (including phenoxy) is 1. The van der Waals surface area contributed by atoms with Crippen LogP contribution in [0.1, 0.15) is 6.23 Å². The molecule has 1 fully saturated rings. The van der Waals surface area contributed by atoms with Crippen LogP contribution in [-0.2, 0) is 4.74 Å². The second-order valence-electron chi connectivity index (χ2n) is 5.68. The van der Waals surface area contributed by atoms with Crippen molar-refractivity contribution in [2.75, 3.05) is 37.8 Å². The van der Waals surface area contributed by atoms with Crippen molar-refractivity contribution in [3.05, 3.63) is 12.7 Å². The van der Waals surface area contributed by atoms with Gasteiger partial charge in [-0.3, -0.25) is 4.57 Å². The maximum Gasteiger partial charge on any atom is 0.167 e. The summed E-state index contributed by atoms with van der Waals surface area (Å²) in [4.78, 5) is 14.3. The molecule has 0 radical (unpaired) electrons. The highest BCUT2D eigenvalue weighted by atomic mass is 16.6. The van der Waals surface area contributed by atoms with E-state index in [9.17, 15) is 25.5 Å². The Morgan fingerprint density at radius 3 is 2.36 bits per heavy atom. The van der Waals surface area contributed by atoms with E-state index in [2.05, 4.69) is 15.0 Å². The van der Waals surface area contributed by atoms with E-state index in [-0.39, 0.29) is 26.3 Å². The number of rotatable bonds is 7. The molecule has 2 aromatic rings. The fraction of sp³-hybridized carbons (Fsp3) is 0.643. The molecule has 1 saturated heterocycles. The lowest BCUT2D eigenvalue weighted by Gasteiger charge is -2.22.